The van der Waals surface area contributed by atoms with Crippen molar-refractivity contribution in [1.82, 2.24) is 9.80 Å². The first-order valence-electron chi connectivity index (χ1n) is 19.8. The summed E-state index contributed by atoms with van der Waals surface area (Å²) in [6, 6.07) is 10.0. The van der Waals surface area contributed by atoms with E-state index in [2.05, 4.69) is 91.7 Å². The van der Waals surface area contributed by atoms with Gasteiger partial charge in [0.15, 0.2) is 33.3 Å². The molecule has 4 rings (SSSR count). The van der Waals surface area contributed by atoms with Gasteiger partial charge < -0.3 is 26.3 Å². The maximum absolute atomic E-state index is 14.6. The summed E-state index contributed by atoms with van der Waals surface area (Å²) >= 11 is 3.18. The van der Waals surface area contributed by atoms with Crippen molar-refractivity contribution < 1.29 is 26.0 Å². The number of amides is 2. The van der Waals surface area contributed by atoms with E-state index in [1.807, 2.05) is 44.8 Å². The van der Waals surface area contributed by atoms with E-state index in [-0.39, 0.29) is 11.8 Å². The van der Waals surface area contributed by atoms with Crippen LogP contribution in [0, 0.1) is 0 Å². The Labute approximate surface area is 341 Å². The highest BCUT2D eigenvalue weighted by Gasteiger charge is 2.49. The van der Waals surface area contributed by atoms with E-state index in [0.717, 1.165) is 71.8 Å². The van der Waals surface area contributed by atoms with Crippen molar-refractivity contribution in [3.05, 3.63) is 55.9 Å². The Morgan fingerprint density at radius 1 is 0.481 bits per heavy atom. The van der Waals surface area contributed by atoms with Crippen LogP contribution in [0.3, 0.4) is 0 Å². The number of rotatable bonds is 22. The standard InChI is InChI=1S/C38H68N2O6S2Si6/c1-49(2,3)43-53(13,44-50(4,5)6)29-19-15-17-25-39-35(31-23-21-27-47-31)33-34(37(39)41)36(32-24-22-28-48-32)40(38(33)42)26-18-16-20-30-54(14,45-51(7,8)9)46-52(10,11)12/h21-24,27-28H,15-20,25-26,29-30H2,1-14H3. The van der Waals surface area contributed by atoms with Gasteiger partial charge in [0.05, 0.1) is 32.3 Å². The van der Waals surface area contributed by atoms with E-state index < -0.39 is 50.4 Å². The Kier molecular flexibility index (Phi) is 15.1. The highest BCUT2D eigenvalue weighted by molar-refractivity contribution is 7.11. The zero-order valence-electron chi connectivity index (χ0n) is 35.7. The van der Waals surface area contributed by atoms with Crippen LogP contribution in [0.15, 0.2) is 46.2 Å². The van der Waals surface area contributed by atoms with Crippen LogP contribution < -0.4 is 0 Å². The van der Waals surface area contributed by atoms with Gasteiger partial charge in [-0.3, -0.25) is 9.59 Å². The quantitative estimate of drug-likeness (QED) is 0.0866. The molecule has 2 aromatic heterocycles. The SMILES string of the molecule is C[Si](C)(C)O[Si](C)(CCCCCN1C(=O)C2=C(c3cccs3)N(CCCCC[Si](C)(O[Si](C)(C)C)O[Si](C)(C)C)C(=O)C2=C1c1cccs1)O[Si](C)(C)C. The molecule has 0 saturated heterocycles. The van der Waals surface area contributed by atoms with Gasteiger partial charge in [0.2, 0.25) is 0 Å². The molecule has 2 amide bonds. The summed E-state index contributed by atoms with van der Waals surface area (Å²) in [7, 11) is -11.7. The number of fused-ring (bicyclic) bond motifs is 1. The molecule has 2 aliphatic rings. The molecule has 0 radical (unpaired) electrons. The van der Waals surface area contributed by atoms with Crippen molar-refractivity contribution in [3.8, 4) is 0 Å². The molecular formula is C38H68N2O6S2Si6. The second-order valence-corrected chi connectivity index (χ2v) is 46.7. The fourth-order valence-electron chi connectivity index (χ4n) is 7.78. The minimum atomic E-state index is -2.32. The minimum absolute atomic E-state index is 0.0512. The fourth-order valence-corrected chi connectivity index (χ4v) is 34.6. The van der Waals surface area contributed by atoms with Crippen molar-refractivity contribution in [1.29, 1.82) is 0 Å². The van der Waals surface area contributed by atoms with Gasteiger partial charge in [0, 0.05) is 13.1 Å². The average Bonchev–Trinajstić information content (AvgIpc) is 3.77. The molecule has 8 nitrogen and oxygen atoms in total. The van der Waals surface area contributed by atoms with Gasteiger partial charge in [-0.2, -0.15) is 0 Å². The maximum Gasteiger partial charge on any atom is 0.314 e. The molecule has 0 aliphatic carbocycles. The summed E-state index contributed by atoms with van der Waals surface area (Å²) in [5.41, 5.74) is 2.71. The average molecular weight is 882 g/mol. The monoisotopic (exact) mass is 880 g/mol. The molecule has 16 heteroatoms. The summed E-state index contributed by atoms with van der Waals surface area (Å²) < 4.78 is 27.0. The van der Waals surface area contributed by atoms with Gasteiger partial charge in [-0.05, 0) is 139 Å². The summed E-state index contributed by atoms with van der Waals surface area (Å²) in [4.78, 5) is 34.8. The number of nitrogens with zero attached hydrogens (tertiary/aromatic N) is 2. The molecule has 54 heavy (non-hydrogen) atoms. The molecule has 0 fully saturated rings. The summed E-state index contributed by atoms with van der Waals surface area (Å²) in [6.07, 6.45) is 5.63. The lowest BCUT2D eigenvalue weighted by atomic mass is 10.1. The van der Waals surface area contributed by atoms with Gasteiger partial charge in [-0.1, -0.05) is 37.8 Å². The lowest BCUT2D eigenvalue weighted by molar-refractivity contribution is -0.124. The van der Waals surface area contributed by atoms with Crippen LogP contribution in [0.4, 0.5) is 0 Å². The van der Waals surface area contributed by atoms with Crippen LogP contribution in [0.5, 0.6) is 0 Å². The van der Waals surface area contributed by atoms with Crippen molar-refractivity contribution in [3.63, 3.8) is 0 Å². The largest absolute Gasteiger partial charge is 0.437 e. The first-order chi connectivity index (χ1) is 24.8. The Bertz CT molecular complexity index is 1500. The zero-order chi connectivity index (χ0) is 40.3. The van der Waals surface area contributed by atoms with Crippen molar-refractivity contribution in [2.45, 2.75) is 142 Å². The summed E-state index contributed by atoms with van der Waals surface area (Å²) in [5.74, 6) is -0.102. The lowest BCUT2D eigenvalue weighted by Crippen LogP contribution is -2.52. The number of carbonyl (C=O) groups excluding carboxylic acids is 2. The molecule has 2 aromatic rings. The van der Waals surface area contributed by atoms with E-state index in [0.29, 0.717) is 24.2 Å². The van der Waals surface area contributed by atoms with Crippen LogP contribution in [-0.2, 0) is 26.0 Å². The summed E-state index contributed by atoms with van der Waals surface area (Å²) in [6.45, 7) is 32.6. The first-order valence-corrected chi connectivity index (χ1v) is 40.3. The first kappa shape index (κ1) is 45.7. The second-order valence-electron chi connectivity index (χ2n) is 19.1. The molecule has 0 saturated carbocycles. The molecule has 0 spiro atoms. The van der Waals surface area contributed by atoms with Crippen molar-refractivity contribution in [2.24, 2.45) is 0 Å². The number of hydrogen-bond donors (Lipinski definition) is 0. The van der Waals surface area contributed by atoms with Gasteiger partial charge in [-0.15, -0.1) is 22.7 Å². The Morgan fingerprint density at radius 3 is 1.06 bits per heavy atom. The summed E-state index contributed by atoms with van der Waals surface area (Å²) in [5, 5.41) is 4.06. The molecular weight excluding hydrogens is 813 g/mol. The highest BCUT2D eigenvalue weighted by Crippen LogP contribution is 2.48. The molecule has 4 heterocycles. The Morgan fingerprint density at radius 2 is 0.796 bits per heavy atom. The topological polar surface area (TPSA) is 77.5 Å². The minimum Gasteiger partial charge on any atom is -0.437 e. The molecule has 0 aromatic carbocycles. The van der Waals surface area contributed by atoms with Gasteiger partial charge in [0.1, 0.15) is 0 Å². The molecule has 0 unspecified atom stereocenters. The highest BCUT2D eigenvalue weighted by atomic mass is 32.1. The van der Waals surface area contributed by atoms with Crippen LogP contribution in [-0.4, -0.2) is 85.1 Å². The number of hydrogen-bond acceptors (Lipinski definition) is 8. The maximum atomic E-state index is 14.6. The molecule has 302 valence electrons. The third-order valence-corrected chi connectivity index (χ3v) is 29.8. The number of thiophene rings is 2. The van der Waals surface area contributed by atoms with E-state index in [4.69, 9.17) is 16.5 Å². The van der Waals surface area contributed by atoms with E-state index >= 15 is 0 Å². The lowest BCUT2D eigenvalue weighted by Gasteiger charge is -2.38. The third kappa shape index (κ3) is 13.0. The molecule has 2 aliphatic heterocycles. The third-order valence-electron chi connectivity index (χ3n) is 8.80. The van der Waals surface area contributed by atoms with Crippen molar-refractivity contribution >= 4 is 96.3 Å². The van der Waals surface area contributed by atoms with Crippen LogP contribution in [0.25, 0.3) is 11.4 Å². The number of carbonyl (C=O) groups is 2. The van der Waals surface area contributed by atoms with Crippen LogP contribution in [0.2, 0.25) is 104 Å². The van der Waals surface area contributed by atoms with Gasteiger partial charge >= 0.3 is 17.1 Å². The Hall–Kier alpha value is -1.04. The second kappa shape index (κ2) is 17.8. The zero-order valence-corrected chi connectivity index (χ0v) is 43.3. The Balaban J connectivity index is 1.50. The molecule has 0 atom stereocenters. The predicted octanol–water partition coefficient (Wildman–Crippen LogP) is 11.5. The van der Waals surface area contributed by atoms with Crippen molar-refractivity contribution in [2.75, 3.05) is 13.1 Å². The normalized spacial score (nSPS) is 16.5. The van der Waals surface area contributed by atoms with E-state index in [9.17, 15) is 9.59 Å². The van der Waals surface area contributed by atoms with Gasteiger partial charge in [-0.25, -0.2) is 0 Å². The molecule has 0 bridgehead atoms. The van der Waals surface area contributed by atoms with Crippen LogP contribution in [0.1, 0.15) is 48.3 Å². The van der Waals surface area contributed by atoms with Gasteiger partial charge in [0.25, 0.3) is 11.8 Å². The predicted molar refractivity (Wildman–Crippen MR) is 244 cm³/mol. The van der Waals surface area contributed by atoms with E-state index in [1.54, 1.807) is 22.7 Å². The fraction of sp³-hybridized carbons (Fsp3) is 0.632. The smallest absolute Gasteiger partial charge is 0.314 e. The number of unbranched alkanes of at least 4 members (excludes halogenated alkanes) is 4. The molecule has 0 N–H and O–H groups in total. The van der Waals surface area contributed by atoms with Crippen LogP contribution >= 0.6 is 22.7 Å². The van der Waals surface area contributed by atoms with E-state index in [1.165, 1.54) is 0 Å².